The second kappa shape index (κ2) is 68.6. The molecule has 0 saturated heterocycles. The van der Waals surface area contributed by atoms with Gasteiger partial charge < -0.3 is 33.8 Å². The standard InChI is InChI=1S/C74H144O17P2/c1-5-9-13-17-21-25-29-31-33-34-35-37-39-41-45-49-53-57-61-74(79)91-70(65-85-72(77)59-55-51-47-44-40-38-36-32-30-26-22-18-14-10-6-2)67-89-93(82,83)87-63-68(75)62-86-92(80,81)88-66-69(90-73(78)60-56-52-48-43-28-24-20-16-12-8-4)64-84-71(76)58-54-50-46-42-27-23-19-15-11-7-3/h68-70,75H,5-67H2,1-4H3,(H,80,81)(H,82,83)/t68-,69+,70+/m0/s1. The van der Waals surface area contributed by atoms with Gasteiger partial charge in [0.2, 0.25) is 0 Å². The summed E-state index contributed by atoms with van der Waals surface area (Å²) in [5.74, 6) is -2.11. The molecule has 0 aromatic carbocycles. The summed E-state index contributed by atoms with van der Waals surface area (Å²) in [6, 6.07) is 0. The Kier molecular flexibility index (Phi) is 67.1. The summed E-state index contributed by atoms with van der Waals surface area (Å²) < 4.78 is 68.4. The smallest absolute Gasteiger partial charge is 0.462 e. The van der Waals surface area contributed by atoms with E-state index in [0.717, 1.165) is 89.9 Å². The third kappa shape index (κ3) is 68.4. The van der Waals surface area contributed by atoms with Crippen LogP contribution in [0.2, 0.25) is 0 Å². The molecule has 0 aromatic rings. The van der Waals surface area contributed by atoms with Gasteiger partial charge in [0.15, 0.2) is 12.2 Å². The van der Waals surface area contributed by atoms with E-state index in [1.54, 1.807) is 0 Å². The first-order chi connectivity index (χ1) is 45.2. The molecular weight excluding hydrogens is 1220 g/mol. The molecule has 5 atom stereocenters. The molecular formula is C74H144O17P2. The molecule has 0 aliphatic heterocycles. The van der Waals surface area contributed by atoms with E-state index in [2.05, 4.69) is 27.7 Å². The first kappa shape index (κ1) is 91.1. The average Bonchev–Trinajstić information content (AvgIpc) is 2.95. The summed E-state index contributed by atoms with van der Waals surface area (Å²) in [6.45, 7) is 4.96. The van der Waals surface area contributed by atoms with Gasteiger partial charge in [0.05, 0.1) is 26.4 Å². The highest BCUT2D eigenvalue weighted by molar-refractivity contribution is 7.47. The molecule has 93 heavy (non-hydrogen) atoms. The van der Waals surface area contributed by atoms with E-state index in [9.17, 15) is 43.2 Å². The number of carbonyl (C=O) groups is 4. The van der Waals surface area contributed by atoms with Gasteiger partial charge in [-0.1, -0.05) is 342 Å². The maximum Gasteiger partial charge on any atom is 0.472 e. The first-order valence-corrected chi connectivity index (χ1v) is 41.8. The fraction of sp³-hybridized carbons (Fsp3) is 0.946. The van der Waals surface area contributed by atoms with Gasteiger partial charge >= 0.3 is 39.5 Å². The number of unbranched alkanes of at least 4 members (excludes halogenated alkanes) is 49. The zero-order valence-electron chi connectivity index (χ0n) is 60.2. The van der Waals surface area contributed by atoms with Gasteiger partial charge in [-0.2, -0.15) is 0 Å². The Balaban J connectivity index is 5.21. The average molecular weight is 1370 g/mol. The van der Waals surface area contributed by atoms with E-state index >= 15 is 0 Å². The number of carbonyl (C=O) groups excluding carboxylic acids is 4. The topological polar surface area (TPSA) is 237 Å². The molecule has 0 aliphatic carbocycles. The van der Waals surface area contributed by atoms with E-state index in [1.165, 1.54) is 225 Å². The van der Waals surface area contributed by atoms with Crippen LogP contribution in [-0.4, -0.2) is 96.7 Å². The fourth-order valence-corrected chi connectivity index (χ4v) is 13.0. The van der Waals surface area contributed by atoms with Crippen molar-refractivity contribution in [3.05, 3.63) is 0 Å². The van der Waals surface area contributed by atoms with Crippen molar-refractivity contribution in [3.8, 4) is 0 Å². The molecule has 0 amide bonds. The van der Waals surface area contributed by atoms with Crippen molar-refractivity contribution in [2.75, 3.05) is 39.6 Å². The van der Waals surface area contributed by atoms with Crippen molar-refractivity contribution in [1.82, 2.24) is 0 Å². The highest BCUT2D eigenvalue weighted by atomic mass is 31.2. The highest BCUT2D eigenvalue weighted by Gasteiger charge is 2.30. The fourth-order valence-electron chi connectivity index (χ4n) is 11.4. The third-order valence-corrected chi connectivity index (χ3v) is 19.3. The number of aliphatic hydroxyl groups excluding tert-OH is 1. The number of aliphatic hydroxyl groups is 1. The van der Waals surface area contributed by atoms with Crippen LogP contribution in [0.1, 0.15) is 394 Å². The van der Waals surface area contributed by atoms with Gasteiger partial charge in [0.1, 0.15) is 19.3 Å². The van der Waals surface area contributed by atoms with Gasteiger partial charge in [-0.25, -0.2) is 9.13 Å². The van der Waals surface area contributed by atoms with Crippen LogP contribution in [0.15, 0.2) is 0 Å². The van der Waals surface area contributed by atoms with Crippen molar-refractivity contribution >= 4 is 39.5 Å². The Morgan fingerprint density at radius 3 is 0.634 bits per heavy atom. The van der Waals surface area contributed by atoms with Crippen molar-refractivity contribution in [3.63, 3.8) is 0 Å². The second-order valence-corrected chi connectivity index (χ2v) is 29.6. The number of hydrogen-bond donors (Lipinski definition) is 3. The molecule has 3 N–H and O–H groups in total. The summed E-state index contributed by atoms with van der Waals surface area (Å²) in [5, 5.41) is 10.6. The molecule has 0 aliphatic rings. The van der Waals surface area contributed by atoms with E-state index in [1.807, 2.05) is 0 Å². The summed E-state index contributed by atoms with van der Waals surface area (Å²) >= 11 is 0. The first-order valence-electron chi connectivity index (χ1n) is 38.8. The second-order valence-electron chi connectivity index (χ2n) is 26.7. The SMILES string of the molecule is CCCCCCCCCCCCCCCCCCCCC(=O)O[C@H](COC(=O)CCCCCCCCCCCCCCCCC)COP(=O)(O)OC[C@@H](O)COP(=O)(O)OC[C@@H](COC(=O)CCCCCCCCCCCC)OC(=O)CCCCCCCCCCCC. The molecule has 19 heteroatoms. The van der Waals surface area contributed by atoms with Crippen LogP contribution < -0.4 is 0 Å². The Labute approximate surface area is 568 Å². The predicted molar refractivity (Wildman–Crippen MR) is 377 cm³/mol. The lowest BCUT2D eigenvalue weighted by atomic mass is 10.0. The van der Waals surface area contributed by atoms with Crippen molar-refractivity contribution < 1.29 is 80.2 Å². The molecule has 552 valence electrons. The summed E-state index contributed by atoms with van der Waals surface area (Å²) in [7, 11) is -9.90. The van der Waals surface area contributed by atoms with Crippen LogP contribution in [0.3, 0.4) is 0 Å². The summed E-state index contributed by atoms with van der Waals surface area (Å²) in [6.07, 6.45) is 58.2. The van der Waals surface area contributed by atoms with Gasteiger partial charge in [0.25, 0.3) is 0 Å². The number of phosphoric ester groups is 2. The Morgan fingerprint density at radius 1 is 0.258 bits per heavy atom. The molecule has 0 bridgehead atoms. The number of esters is 4. The van der Waals surface area contributed by atoms with Crippen LogP contribution in [-0.2, 0) is 65.4 Å². The number of phosphoric acid groups is 2. The minimum absolute atomic E-state index is 0.107. The molecule has 17 nitrogen and oxygen atoms in total. The molecule has 0 radical (unpaired) electrons. The van der Waals surface area contributed by atoms with Crippen LogP contribution in [0, 0.1) is 0 Å². The number of hydrogen-bond acceptors (Lipinski definition) is 15. The largest absolute Gasteiger partial charge is 0.472 e. The minimum Gasteiger partial charge on any atom is -0.462 e. The molecule has 0 rings (SSSR count). The maximum atomic E-state index is 13.1. The number of rotatable bonds is 75. The van der Waals surface area contributed by atoms with E-state index in [0.29, 0.717) is 25.7 Å². The third-order valence-electron chi connectivity index (χ3n) is 17.4. The molecule has 0 heterocycles. The van der Waals surface area contributed by atoms with Crippen molar-refractivity contribution in [1.29, 1.82) is 0 Å². The Bertz CT molecular complexity index is 1770. The van der Waals surface area contributed by atoms with Gasteiger partial charge in [0, 0.05) is 25.7 Å². The zero-order valence-corrected chi connectivity index (χ0v) is 62.0. The molecule has 0 fully saturated rings. The van der Waals surface area contributed by atoms with Gasteiger partial charge in [-0.05, 0) is 25.7 Å². The van der Waals surface area contributed by atoms with Crippen LogP contribution in [0.5, 0.6) is 0 Å². The molecule has 2 unspecified atom stereocenters. The van der Waals surface area contributed by atoms with Crippen LogP contribution >= 0.6 is 15.6 Å². The quantitative estimate of drug-likeness (QED) is 0.0222. The highest BCUT2D eigenvalue weighted by Crippen LogP contribution is 2.45. The monoisotopic (exact) mass is 1370 g/mol. The normalized spacial score (nSPS) is 13.9. The maximum absolute atomic E-state index is 13.1. The lowest BCUT2D eigenvalue weighted by Gasteiger charge is -2.21. The number of ether oxygens (including phenoxy) is 4. The van der Waals surface area contributed by atoms with Gasteiger partial charge in [-0.3, -0.25) is 37.3 Å². The van der Waals surface area contributed by atoms with Crippen molar-refractivity contribution in [2.45, 2.75) is 412 Å². The Hall–Kier alpha value is -1.94. The lowest BCUT2D eigenvalue weighted by Crippen LogP contribution is -2.30. The van der Waals surface area contributed by atoms with E-state index < -0.39 is 97.5 Å². The lowest BCUT2D eigenvalue weighted by molar-refractivity contribution is -0.161. The molecule has 0 aromatic heterocycles. The Morgan fingerprint density at radius 2 is 0.430 bits per heavy atom. The molecule has 0 saturated carbocycles. The summed E-state index contributed by atoms with van der Waals surface area (Å²) in [4.78, 5) is 72.7. The van der Waals surface area contributed by atoms with E-state index in [4.69, 9.17) is 37.0 Å². The predicted octanol–water partition coefficient (Wildman–Crippen LogP) is 21.8. The minimum atomic E-state index is -4.95. The van der Waals surface area contributed by atoms with Gasteiger partial charge in [-0.15, -0.1) is 0 Å². The molecule has 0 spiro atoms. The summed E-state index contributed by atoms with van der Waals surface area (Å²) in [5.41, 5.74) is 0. The van der Waals surface area contributed by atoms with E-state index in [-0.39, 0.29) is 25.7 Å². The van der Waals surface area contributed by atoms with Crippen molar-refractivity contribution in [2.24, 2.45) is 0 Å². The zero-order chi connectivity index (χ0) is 68.2. The van der Waals surface area contributed by atoms with Crippen LogP contribution in [0.4, 0.5) is 0 Å². The van der Waals surface area contributed by atoms with Crippen LogP contribution in [0.25, 0.3) is 0 Å².